The van der Waals surface area contributed by atoms with Crippen molar-refractivity contribution in [2.75, 3.05) is 12.4 Å². The van der Waals surface area contributed by atoms with Crippen molar-refractivity contribution < 1.29 is 22.7 Å². The number of carbonyl (C=O) groups excluding carboxylic acids is 1. The zero-order valence-electron chi connectivity index (χ0n) is 17.1. The Kier molecular flexibility index (Phi) is 6.31. The summed E-state index contributed by atoms with van der Waals surface area (Å²) in [6.07, 6.45) is -2.50. The number of halogens is 3. The highest BCUT2D eigenvalue weighted by Crippen LogP contribution is 2.30. The molecule has 33 heavy (non-hydrogen) atoms. The summed E-state index contributed by atoms with van der Waals surface area (Å²) in [6, 6.07) is 16.9. The molecule has 0 bridgehead atoms. The van der Waals surface area contributed by atoms with Crippen LogP contribution in [0, 0.1) is 0 Å². The van der Waals surface area contributed by atoms with Crippen LogP contribution in [0.25, 0.3) is 5.82 Å². The molecule has 0 saturated carbocycles. The molecule has 2 aromatic carbocycles. The molecule has 4 rings (SSSR count). The third-order valence-corrected chi connectivity index (χ3v) is 5.46. The van der Waals surface area contributed by atoms with Gasteiger partial charge >= 0.3 is 6.18 Å². The fraction of sp³-hybridized carbons (Fsp3) is 0.0909. The van der Waals surface area contributed by atoms with E-state index in [9.17, 15) is 18.0 Å². The number of amides is 1. The Morgan fingerprint density at radius 3 is 2.24 bits per heavy atom. The van der Waals surface area contributed by atoms with Crippen LogP contribution in [-0.2, 0) is 6.18 Å². The van der Waals surface area contributed by atoms with Crippen LogP contribution in [0.2, 0.25) is 0 Å². The molecular weight excluding hydrogens is 455 g/mol. The van der Waals surface area contributed by atoms with Crippen LogP contribution in [0.3, 0.4) is 0 Å². The zero-order chi connectivity index (χ0) is 23.4. The SMILES string of the molecule is COc1ccc(Sc2ccc(NC(=O)c3cn(-c4ccc(C(F)(F)F)cn4)nn3)cc2)cc1. The fourth-order valence-corrected chi connectivity index (χ4v) is 3.57. The van der Waals surface area contributed by atoms with Gasteiger partial charge in [0.05, 0.1) is 18.9 Å². The lowest BCUT2D eigenvalue weighted by atomic mass is 10.3. The Morgan fingerprint density at radius 2 is 1.67 bits per heavy atom. The minimum atomic E-state index is -4.48. The summed E-state index contributed by atoms with van der Waals surface area (Å²) in [6.45, 7) is 0. The van der Waals surface area contributed by atoms with E-state index in [1.54, 1.807) is 31.0 Å². The van der Waals surface area contributed by atoms with Crippen LogP contribution in [0.15, 0.2) is 82.8 Å². The van der Waals surface area contributed by atoms with E-state index in [2.05, 4.69) is 20.6 Å². The number of hydrogen-bond acceptors (Lipinski definition) is 6. The standard InChI is InChI=1S/C22H16F3N5O2S/c1-32-16-5-9-18(10-6-16)33-17-7-3-15(4-8-17)27-21(31)19-13-30(29-28-19)20-11-2-14(12-26-20)22(23,24)25/h2-13H,1H3,(H,27,31). The predicted octanol–water partition coefficient (Wildman–Crippen LogP) is 5.09. The van der Waals surface area contributed by atoms with Gasteiger partial charge in [0.15, 0.2) is 11.5 Å². The summed E-state index contributed by atoms with van der Waals surface area (Å²) in [5.41, 5.74) is -0.326. The van der Waals surface area contributed by atoms with Gasteiger partial charge in [0, 0.05) is 21.7 Å². The Morgan fingerprint density at radius 1 is 1.00 bits per heavy atom. The van der Waals surface area contributed by atoms with Gasteiger partial charge in [0.2, 0.25) is 0 Å². The van der Waals surface area contributed by atoms with Gasteiger partial charge in [-0.25, -0.2) is 9.67 Å². The number of ether oxygens (including phenoxy) is 1. The first-order valence-corrected chi connectivity index (χ1v) is 10.3. The summed E-state index contributed by atoms with van der Waals surface area (Å²) >= 11 is 1.56. The molecule has 0 atom stereocenters. The van der Waals surface area contributed by atoms with Gasteiger partial charge in [-0.1, -0.05) is 17.0 Å². The number of carbonyl (C=O) groups is 1. The number of nitrogens with zero attached hydrogens (tertiary/aromatic N) is 4. The van der Waals surface area contributed by atoms with E-state index >= 15 is 0 Å². The van der Waals surface area contributed by atoms with Crippen LogP contribution >= 0.6 is 11.8 Å². The van der Waals surface area contributed by atoms with Gasteiger partial charge in [0.25, 0.3) is 5.91 Å². The number of hydrogen-bond donors (Lipinski definition) is 1. The van der Waals surface area contributed by atoms with Crippen LogP contribution in [-0.4, -0.2) is 33.0 Å². The van der Waals surface area contributed by atoms with Crippen molar-refractivity contribution in [1.29, 1.82) is 0 Å². The molecule has 1 amide bonds. The molecule has 2 heterocycles. The summed E-state index contributed by atoms with van der Waals surface area (Å²) in [7, 11) is 1.61. The molecule has 0 saturated heterocycles. The molecule has 0 aliphatic carbocycles. The molecule has 2 aromatic heterocycles. The van der Waals surface area contributed by atoms with E-state index in [-0.39, 0.29) is 11.5 Å². The fourth-order valence-electron chi connectivity index (χ4n) is 2.75. The van der Waals surface area contributed by atoms with Crippen molar-refractivity contribution in [2.45, 2.75) is 16.0 Å². The van der Waals surface area contributed by atoms with Crippen molar-refractivity contribution in [3.63, 3.8) is 0 Å². The molecule has 0 radical (unpaired) electrons. The monoisotopic (exact) mass is 471 g/mol. The number of anilines is 1. The highest BCUT2D eigenvalue weighted by molar-refractivity contribution is 7.99. The number of alkyl halides is 3. The maximum Gasteiger partial charge on any atom is 0.417 e. The first-order chi connectivity index (χ1) is 15.8. The summed E-state index contributed by atoms with van der Waals surface area (Å²) in [5.74, 6) is 0.377. The second-order valence-corrected chi connectivity index (χ2v) is 7.85. The van der Waals surface area contributed by atoms with E-state index in [1.807, 2.05) is 36.4 Å². The van der Waals surface area contributed by atoms with Gasteiger partial charge in [-0.3, -0.25) is 4.79 Å². The topological polar surface area (TPSA) is 81.9 Å². The highest BCUT2D eigenvalue weighted by Gasteiger charge is 2.30. The number of benzene rings is 2. The van der Waals surface area contributed by atoms with E-state index in [0.717, 1.165) is 32.4 Å². The lowest BCUT2D eigenvalue weighted by molar-refractivity contribution is -0.137. The quantitative estimate of drug-likeness (QED) is 0.422. The first kappa shape index (κ1) is 22.3. The van der Waals surface area contributed by atoms with E-state index < -0.39 is 17.6 Å². The molecule has 4 aromatic rings. The Balaban J connectivity index is 1.38. The van der Waals surface area contributed by atoms with Crippen molar-refractivity contribution in [1.82, 2.24) is 20.0 Å². The third kappa shape index (κ3) is 5.50. The zero-order valence-corrected chi connectivity index (χ0v) is 17.9. The van der Waals surface area contributed by atoms with Crippen LogP contribution in [0.5, 0.6) is 5.75 Å². The molecular formula is C22H16F3N5O2S. The Bertz CT molecular complexity index is 1240. The number of rotatable bonds is 6. The third-order valence-electron chi connectivity index (χ3n) is 4.44. The van der Waals surface area contributed by atoms with Crippen molar-refractivity contribution in [3.8, 4) is 11.6 Å². The van der Waals surface area contributed by atoms with Gasteiger partial charge in [0.1, 0.15) is 5.75 Å². The van der Waals surface area contributed by atoms with Gasteiger partial charge in [-0.05, 0) is 60.7 Å². The Hall–Kier alpha value is -3.86. The van der Waals surface area contributed by atoms with Gasteiger partial charge in [-0.2, -0.15) is 13.2 Å². The first-order valence-electron chi connectivity index (χ1n) is 9.51. The largest absolute Gasteiger partial charge is 0.497 e. The molecule has 0 aliphatic heterocycles. The maximum absolute atomic E-state index is 12.7. The normalized spacial score (nSPS) is 11.3. The number of nitrogens with one attached hydrogen (secondary N) is 1. The summed E-state index contributed by atoms with van der Waals surface area (Å²) in [5, 5.41) is 10.2. The van der Waals surface area contributed by atoms with Crippen LogP contribution in [0.4, 0.5) is 18.9 Å². The van der Waals surface area contributed by atoms with E-state index in [0.29, 0.717) is 11.9 Å². The second kappa shape index (κ2) is 9.33. The molecule has 0 fully saturated rings. The maximum atomic E-state index is 12.7. The predicted molar refractivity (Wildman–Crippen MR) is 116 cm³/mol. The molecule has 1 N–H and O–H groups in total. The van der Waals surface area contributed by atoms with Gasteiger partial charge in [-0.15, -0.1) is 5.10 Å². The van der Waals surface area contributed by atoms with Crippen LogP contribution in [0.1, 0.15) is 16.1 Å². The Labute approximate surface area is 190 Å². The van der Waals surface area contributed by atoms with E-state index in [4.69, 9.17) is 4.74 Å². The molecule has 7 nitrogen and oxygen atoms in total. The summed E-state index contributed by atoms with van der Waals surface area (Å²) in [4.78, 5) is 18.2. The molecule has 0 aliphatic rings. The van der Waals surface area contributed by atoms with Gasteiger partial charge < -0.3 is 10.1 Å². The van der Waals surface area contributed by atoms with Crippen LogP contribution < -0.4 is 10.1 Å². The average molecular weight is 471 g/mol. The number of methoxy groups -OCH3 is 1. The lowest BCUT2D eigenvalue weighted by Gasteiger charge is -2.06. The average Bonchev–Trinajstić information content (AvgIpc) is 3.31. The van der Waals surface area contributed by atoms with Crippen molar-refractivity contribution in [2.24, 2.45) is 0 Å². The minimum absolute atomic E-state index is 0.00613. The summed E-state index contributed by atoms with van der Waals surface area (Å²) < 4.78 is 44.3. The molecule has 168 valence electrons. The number of aromatic nitrogens is 4. The number of pyridine rings is 1. The molecule has 0 unspecified atom stereocenters. The smallest absolute Gasteiger partial charge is 0.417 e. The van der Waals surface area contributed by atoms with Crippen molar-refractivity contribution in [3.05, 3.63) is 84.3 Å². The highest BCUT2D eigenvalue weighted by atomic mass is 32.2. The lowest BCUT2D eigenvalue weighted by Crippen LogP contribution is -2.12. The second-order valence-electron chi connectivity index (χ2n) is 6.71. The molecule has 11 heteroatoms. The van der Waals surface area contributed by atoms with E-state index in [1.165, 1.54) is 6.20 Å². The van der Waals surface area contributed by atoms with Crippen molar-refractivity contribution >= 4 is 23.4 Å². The minimum Gasteiger partial charge on any atom is -0.497 e. The molecule has 0 spiro atoms.